The van der Waals surface area contributed by atoms with Crippen molar-refractivity contribution in [2.75, 3.05) is 13.2 Å². The van der Waals surface area contributed by atoms with Crippen molar-refractivity contribution < 1.29 is 10.2 Å². The minimum Gasteiger partial charge on any atom is -0.509 e. The van der Waals surface area contributed by atoms with E-state index in [1.54, 1.807) is 0 Å². The number of nitrogens with zero attached hydrogens (tertiary/aromatic N) is 2. The molecule has 5 nitrogen and oxygen atoms in total. The van der Waals surface area contributed by atoms with E-state index in [0.717, 1.165) is 15.8 Å². The highest BCUT2D eigenvalue weighted by molar-refractivity contribution is 7.19. The number of hydrogen-bond donors (Lipinski definition) is 3. The van der Waals surface area contributed by atoms with Crippen LogP contribution in [0.5, 0.6) is 0 Å². The molecule has 0 saturated heterocycles. The highest BCUT2D eigenvalue weighted by Crippen LogP contribution is 2.42. The standard InChI is InChI=1S/C20H19N3O2S/c21-19-16(20-22-14-9-4-5-10-15(14)26-20)18(25)17(23(19)11-6-12-24)13-7-2-1-3-8-13/h1-5,7-10,17,21,24-25H,6,11-12H2/t17-/m0/s1. The van der Waals surface area contributed by atoms with Gasteiger partial charge in [0.25, 0.3) is 0 Å². The molecule has 0 saturated carbocycles. The lowest BCUT2D eigenvalue weighted by molar-refractivity contribution is 0.236. The molecule has 0 bridgehead atoms. The zero-order valence-corrected chi connectivity index (χ0v) is 14.9. The Hall–Kier alpha value is -2.70. The third kappa shape index (κ3) is 2.77. The predicted octanol–water partition coefficient (Wildman–Crippen LogP) is 3.98. The lowest BCUT2D eigenvalue weighted by atomic mass is 10.0. The largest absolute Gasteiger partial charge is 0.509 e. The van der Waals surface area contributed by atoms with E-state index >= 15 is 0 Å². The fraction of sp³-hybridized carbons (Fsp3) is 0.200. The highest BCUT2D eigenvalue weighted by Gasteiger charge is 2.39. The molecule has 0 radical (unpaired) electrons. The number of aliphatic hydroxyl groups excluding tert-OH is 2. The van der Waals surface area contributed by atoms with Crippen molar-refractivity contribution in [3.63, 3.8) is 0 Å². The first-order valence-electron chi connectivity index (χ1n) is 8.51. The van der Waals surface area contributed by atoms with Crippen molar-refractivity contribution in [1.29, 1.82) is 5.41 Å². The van der Waals surface area contributed by atoms with Crippen molar-refractivity contribution in [3.05, 3.63) is 70.9 Å². The van der Waals surface area contributed by atoms with Crippen LogP contribution in [0.4, 0.5) is 0 Å². The fourth-order valence-electron chi connectivity index (χ4n) is 3.32. The molecule has 2 aromatic carbocycles. The molecule has 1 aliphatic rings. The van der Waals surface area contributed by atoms with Gasteiger partial charge in [0.1, 0.15) is 22.6 Å². The molecular weight excluding hydrogens is 346 g/mol. The Kier molecular flexibility index (Phi) is 4.44. The summed E-state index contributed by atoms with van der Waals surface area (Å²) in [6, 6.07) is 17.1. The van der Waals surface area contributed by atoms with Crippen LogP contribution >= 0.6 is 11.3 Å². The van der Waals surface area contributed by atoms with Gasteiger partial charge in [-0.1, -0.05) is 42.5 Å². The van der Waals surface area contributed by atoms with E-state index in [1.807, 2.05) is 59.5 Å². The average molecular weight is 365 g/mol. The number of thiazole rings is 1. The molecule has 0 amide bonds. The quantitative estimate of drug-likeness (QED) is 0.639. The van der Waals surface area contributed by atoms with Crippen LogP contribution in [-0.2, 0) is 0 Å². The summed E-state index contributed by atoms with van der Waals surface area (Å²) >= 11 is 1.48. The minimum absolute atomic E-state index is 0.0442. The van der Waals surface area contributed by atoms with E-state index in [1.165, 1.54) is 11.3 Å². The van der Waals surface area contributed by atoms with Gasteiger partial charge in [-0.25, -0.2) is 4.98 Å². The number of aromatic nitrogens is 1. The van der Waals surface area contributed by atoms with Crippen LogP contribution in [0.15, 0.2) is 60.4 Å². The van der Waals surface area contributed by atoms with E-state index in [-0.39, 0.29) is 18.2 Å². The molecule has 1 atom stereocenters. The molecule has 2 heterocycles. The monoisotopic (exact) mass is 365 g/mol. The molecule has 3 N–H and O–H groups in total. The third-order valence-corrected chi connectivity index (χ3v) is 5.58. The van der Waals surface area contributed by atoms with Crippen molar-refractivity contribution in [2.45, 2.75) is 12.5 Å². The predicted molar refractivity (Wildman–Crippen MR) is 104 cm³/mol. The van der Waals surface area contributed by atoms with Gasteiger partial charge in [0, 0.05) is 13.2 Å². The van der Waals surface area contributed by atoms with Crippen LogP contribution in [0.1, 0.15) is 23.0 Å². The van der Waals surface area contributed by atoms with Gasteiger partial charge in [-0.05, 0) is 24.1 Å². The number of amidine groups is 1. The van der Waals surface area contributed by atoms with Gasteiger partial charge >= 0.3 is 0 Å². The molecular formula is C20H19N3O2S. The van der Waals surface area contributed by atoms with E-state index in [9.17, 15) is 10.2 Å². The molecule has 132 valence electrons. The number of fused-ring (bicyclic) bond motifs is 1. The first kappa shape index (κ1) is 16.8. The molecule has 1 aromatic heterocycles. The van der Waals surface area contributed by atoms with Gasteiger partial charge in [-0.15, -0.1) is 11.3 Å². The molecule has 6 heteroatoms. The van der Waals surface area contributed by atoms with Crippen molar-refractivity contribution in [2.24, 2.45) is 0 Å². The van der Waals surface area contributed by atoms with Crippen LogP contribution in [0.2, 0.25) is 0 Å². The number of benzene rings is 2. The Morgan fingerprint density at radius 2 is 1.81 bits per heavy atom. The van der Waals surface area contributed by atoms with Crippen molar-refractivity contribution in [1.82, 2.24) is 9.88 Å². The topological polar surface area (TPSA) is 80.4 Å². The number of nitrogens with one attached hydrogen (secondary N) is 1. The Morgan fingerprint density at radius 3 is 2.54 bits per heavy atom. The fourth-order valence-corrected chi connectivity index (χ4v) is 4.34. The number of para-hydroxylation sites is 1. The van der Waals surface area contributed by atoms with Crippen LogP contribution in [0, 0.1) is 5.41 Å². The summed E-state index contributed by atoms with van der Waals surface area (Å²) in [5.74, 6) is 0.405. The molecule has 4 rings (SSSR count). The van der Waals surface area contributed by atoms with Crippen LogP contribution < -0.4 is 0 Å². The molecule has 26 heavy (non-hydrogen) atoms. The summed E-state index contributed by atoms with van der Waals surface area (Å²) in [5, 5.41) is 29.6. The minimum atomic E-state index is -0.419. The normalized spacial score (nSPS) is 17.5. The second-order valence-corrected chi connectivity index (χ2v) is 7.21. The summed E-state index contributed by atoms with van der Waals surface area (Å²) in [5.41, 5.74) is 2.27. The first-order valence-corrected chi connectivity index (χ1v) is 9.33. The maximum atomic E-state index is 11.0. The summed E-state index contributed by atoms with van der Waals surface area (Å²) in [7, 11) is 0. The smallest absolute Gasteiger partial charge is 0.135 e. The molecule has 0 aliphatic carbocycles. The summed E-state index contributed by atoms with van der Waals surface area (Å²) in [4.78, 5) is 6.46. The molecule has 3 aromatic rings. The second kappa shape index (κ2) is 6.90. The number of aliphatic hydroxyl groups is 2. The average Bonchev–Trinajstić information content (AvgIpc) is 3.18. The third-order valence-electron chi connectivity index (χ3n) is 4.53. The molecule has 0 fully saturated rings. The van der Waals surface area contributed by atoms with E-state index in [0.29, 0.717) is 23.5 Å². The van der Waals surface area contributed by atoms with Crippen LogP contribution in [-0.4, -0.2) is 39.1 Å². The lowest BCUT2D eigenvalue weighted by Crippen LogP contribution is -2.31. The summed E-state index contributed by atoms with van der Waals surface area (Å²) in [6.07, 6.45) is 0.534. The molecule has 0 spiro atoms. The van der Waals surface area contributed by atoms with Gasteiger partial charge in [0.2, 0.25) is 0 Å². The van der Waals surface area contributed by atoms with Crippen LogP contribution in [0.25, 0.3) is 15.8 Å². The van der Waals surface area contributed by atoms with E-state index in [4.69, 9.17) is 5.41 Å². The van der Waals surface area contributed by atoms with E-state index < -0.39 is 6.04 Å². The highest BCUT2D eigenvalue weighted by atomic mass is 32.1. The molecule has 1 aliphatic heterocycles. The van der Waals surface area contributed by atoms with Crippen LogP contribution in [0.3, 0.4) is 0 Å². The van der Waals surface area contributed by atoms with Gasteiger partial charge in [0.05, 0.1) is 15.8 Å². The Morgan fingerprint density at radius 1 is 1.08 bits per heavy atom. The summed E-state index contributed by atoms with van der Waals surface area (Å²) < 4.78 is 1.03. The van der Waals surface area contributed by atoms with Gasteiger partial charge < -0.3 is 15.1 Å². The first-order chi connectivity index (χ1) is 12.7. The van der Waals surface area contributed by atoms with Gasteiger partial charge in [0.15, 0.2) is 0 Å². The second-order valence-electron chi connectivity index (χ2n) is 6.18. The molecule has 0 unspecified atom stereocenters. The van der Waals surface area contributed by atoms with Crippen molar-refractivity contribution >= 4 is 33.0 Å². The van der Waals surface area contributed by atoms with Gasteiger partial charge in [-0.3, -0.25) is 5.41 Å². The Balaban J connectivity index is 1.81. The summed E-state index contributed by atoms with van der Waals surface area (Å²) in [6.45, 7) is 0.538. The van der Waals surface area contributed by atoms with Gasteiger partial charge in [-0.2, -0.15) is 0 Å². The Bertz CT molecular complexity index is 948. The van der Waals surface area contributed by atoms with Crippen molar-refractivity contribution in [3.8, 4) is 0 Å². The zero-order valence-electron chi connectivity index (χ0n) is 14.1. The number of hydrogen-bond acceptors (Lipinski definition) is 5. The maximum absolute atomic E-state index is 11.0. The number of rotatable bonds is 5. The Labute approximate surface area is 155 Å². The lowest BCUT2D eigenvalue weighted by Gasteiger charge is -2.27. The van der Waals surface area contributed by atoms with E-state index in [2.05, 4.69) is 4.98 Å². The zero-order chi connectivity index (χ0) is 18.1. The SMILES string of the molecule is N=C1C(c2nc3ccccc3s2)=C(O)[C@H](c2ccccc2)N1CCCO. The maximum Gasteiger partial charge on any atom is 0.135 e.